The Morgan fingerprint density at radius 2 is 0.957 bits per heavy atom. The Morgan fingerprint density at radius 3 is 1.49 bits per heavy atom. The molecule has 0 spiro atoms. The van der Waals surface area contributed by atoms with Gasteiger partial charge in [0.1, 0.15) is 55.4 Å². The Hall–Kier alpha value is -3.06. The van der Waals surface area contributed by atoms with Crippen LogP contribution < -0.4 is 0 Å². The van der Waals surface area contributed by atoms with Crippen LogP contribution in [0.5, 0.6) is 0 Å². The van der Waals surface area contributed by atoms with Crippen molar-refractivity contribution in [3.05, 3.63) is 73.4 Å². The highest BCUT2D eigenvalue weighted by molar-refractivity contribution is 5.70. The quantitative estimate of drug-likeness (QED) is 0.0176. The minimum atomic E-state index is -1.78. The molecule has 0 aliphatic carbocycles. The van der Waals surface area contributed by atoms with Gasteiger partial charge in [-0.25, -0.2) is 0 Å². The lowest BCUT2D eigenvalue weighted by atomic mass is 9.98. The standard InChI is InChI=1S/C55H92O15/c1-3-5-7-9-11-13-15-17-19-20-21-22-24-26-28-30-32-34-36-38-47(58)68-43(40-65-46(57)37-35-33-31-29-27-25-23-18-16-14-12-10-8-6-4-2)41-66-54-53(64)51(62)49(60)45(70-54)42-67-55-52(63)50(61)48(59)44(39-56)69-55/h4,11,13,17,19,21-22,26,28,32,34,43-45,48-56,59-64H,2-3,5-10,12,14-16,18,20,23-25,27,29-31,33,35-42H2,1H3/b13-11+,19-17+,22-21+,28-26+,34-32+/t43-,44+,45+,48-,49-,50?,51?,52?,53?,54+,55+/m1/s1. The first kappa shape index (κ1) is 63.1. The van der Waals surface area contributed by atoms with E-state index in [1.165, 1.54) is 77.0 Å². The molecule has 0 aromatic rings. The maximum atomic E-state index is 13.0. The number of carbonyl (C=O) groups is 2. The van der Waals surface area contributed by atoms with Crippen LogP contribution in [0.15, 0.2) is 73.4 Å². The number of carbonyl (C=O) groups excluding carboxylic acids is 2. The van der Waals surface area contributed by atoms with Gasteiger partial charge in [-0.3, -0.25) is 9.59 Å². The summed E-state index contributed by atoms with van der Waals surface area (Å²) in [5.74, 6) is -1.03. The molecule has 7 N–H and O–H groups in total. The summed E-state index contributed by atoms with van der Waals surface area (Å²) in [5.41, 5.74) is 0. The van der Waals surface area contributed by atoms with Crippen molar-refractivity contribution in [2.45, 2.75) is 235 Å². The van der Waals surface area contributed by atoms with E-state index in [-0.39, 0.29) is 19.4 Å². The van der Waals surface area contributed by atoms with Crippen LogP contribution in [0.1, 0.15) is 167 Å². The lowest BCUT2D eigenvalue weighted by molar-refractivity contribution is -0.332. The molecule has 0 aromatic carbocycles. The van der Waals surface area contributed by atoms with Gasteiger partial charge in [0.05, 0.1) is 19.8 Å². The highest BCUT2D eigenvalue weighted by Crippen LogP contribution is 2.26. The first-order valence-corrected chi connectivity index (χ1v) is 26.5. The molecule has 0 amide bonds. The van der Waals surface area contributed by atoms with E-state index < -0.39 is 99.3 Å². The lowest BCUT2D eigenvalue weighted by Crippen LogP contribution is -2.61. The van der Waals surface area contributed by atoms with Gasteiger partial charge in [-0.2, -0.15) is 0 Å². The van der Waals surface area contributed by atoms with Gasteiger partial charge in [-0.05, 0) is 64.2 Å². The topological polar surface area (TPSA) is 231 Å². The molecule has 2 rings (SSSR count). The fourth-order valence-electron chi connectivity index (χ4n) is 7.94. The number of esters is 2. The van der Waals surface area contributed by atoms with Crippen molar-refractivity contribution in [3.8, 4) is 0 Å². The minimum absolute atomic E-state index is 0.0385. The van der Waals surface area contributed by atoms with Gasteiger partial charge < -0.3 is 64.2 Å². The van der Waals surface area contributed by atoms with E-state index in [4.69, 9.17) is 28.4 Å². The van der Waals surface area contributed by atoms with Crippen LogP contribution in [0.3, 0.4) is 0 Å². The first-order valence-electron chi connectivity index (χ1n) is 26.5. The Bertz CT molecular complexity index is 1480. The van der Waals surface area contributed by atoms with E-state index in [0.29, 0.717) is 19.3 Å². The van der Waals surface area contributed by atoms with E-state index in [2.05, 4.69) is 62.1 Å². The molecule has 0 radical (unpaired) electrons. The molecule has 2 aliphatic heterocycles. The predicted octanol–water partition coefficient (Wildman–Crippen LogP) is 7.82. The maximum absolute atomic E-state index is 13.0. The van der Waals surface area contributed by atoms with E-state index in [0.717, 1.165) is 51.4 Å². The van der Waals surface area contributed by atoms with Crippen LogP contribution in [-0.2, 0) is 38.0 Å². The summed E-state index contributed by atoms with van der Waals surface area (Å²) in [6, 6.07) is 0. The van der Waals surface area contributed by atoms with E-state index >= 15 is 0 Å². The zero-order valence-electron chi connectivity index (χ0n) is 42.3. The zero-order valence-corrected chi connectivity index (χ0v) is 42.3. The summed E-state index contributed by atoms with van der Waals surface area (Å²) in [7, 11) is 0. The van der Waals surface area contributed by atoms with Crippen molar-refractivity contribution in [2.24, 2.45) is 0 Å². The fraction of sp³-hybridized carbons (Fsp3) is 0.745. The third-order valence-corrected chi connectivity index (χ3v) is 12.3. The summed E-state index contributed by atoms with van der Waals surface area (Å²) in [6.45, 7) is 4.01. The van der Waals surface area contributed by atoms with E-state index in [1.54, 1.807) is 0 Å². The Morgan fingerprint density at radius 1 is 0.500 bits per heavy atom. The van der Waals surface area contributed by atoms with Crippen molar-refractivity contribution in [2.75, 3.05) is 26.4 Å². The highest BCUT2D eigenvalue weighted by Gasteiger charge is 2.47. The van der Waals surface area contributed by atoms with Gasteiger partial charge in [-0.15, -0.1) is 6.58 Å². The Balaban J connectivity index is 1.83. The SMILES string of the molecule is C=CCCCCCCCCCCCCCCCC(=O)OC[C@H](CO[C@H]1O[C@@H](CO[C@H]2O[C@@H](CO)[C@@H](O)C(O)C2O)[C@@H](O)C(O)C1O)OC(=O)CC/C=C/C/C=C/C/C=C/C/C=C/C/C=C/CCCCC. The molecule has 0 saturated carbocycles. The number of aliphatic hydroxyl groups is 7. The van der Waals surface area contributed by atoms with Gasteiger partial charge in [0.15, 0.2) is 18.7 Å². The molecule has 2 fully saturated rings. The smallest absolute Gasteiger partial charge is 0.306 e. The summed E-state index contributed by atoms with van der Waals surface area (Å²) >= 11 is 0. The largest absolute Gasteiger partial charge is 0.462 e. The average molecular weight is 993 g/mol. The van der Waals surface area contributed by atoms with Crippen LogP contribution in [0.25, 0.3) is 0 Å². The van der Waals surface area contributed by atoms with Crippen molar-refractivity contribution in [1.82, 2.24) is 0 Å². The fourth-order valence-corrected chi connectivity index (χ4v) is 7.94. The van der Waals surface area contributed by atoms with E-state index in [1.807, 2.05) is 18.2 Å². The van der Waals surface area contributed by atoms with Crippen LogP contribution >= 0.6 is 0 Å². The summed E-state index contributed by atoms with van der Waals surface area (Å²) in [4.78, 5) is 25.8. The number of hydrogen-bond donors (Lipinski definition) is 7. The normalized spacial score (nSPS) is 25.8. The van der Waals surface area contributed by atoms with Crippen molar-refractivity contribution in [1.29, 1.82) is 0 Å². The molecule has 0 aromatic heterocycles. The molecule has 2 saturated heterocycles. The zero-order chi connectivity index (χ0) is 51.0. The number of rotatable bonds is 41. The molecule has 2 aliphatic rings. The summed E-state index contributed by atoms with van der Waals surface area (Å²) < 4.78 is 33.5. The van der Waals surface area contributed by atoms with E-state index in [9.17, 15) is 45.3 Å². The average Bonchev–Trinajstić information content (AvgIpc) is 3.35. The molecule has 0 bridgehead atoms. The number of hydrogen-bond acceptors (Lipinski definition) is 15. The van der Waals surface area contributed by atoms with Crippen molar-refractivity contribution in [3.63, 3.8) is 0 Å². The van der Waals surface area contributed by atoms with Crippen LogP contribution in [0, 0.1) is 0 Å². The Kier molecular flexibility index (Phi) is 37.3. The van der Waals surface area contributed by atoms with Crippen LogP contribution in [0.2, 0.25) is 0 Å². The predicted molar refractivity (Wildman–Crippen MR) is 270 cm³/mol. The highest BCUT2D eigenvalue weighted by atomic mass is 16.7. The molecule has 70 heavy (non-hydrogen) atoms. The monoisotopic (exact) mass is 993 g/mol. The van der Waals surface area contributed by atoms with Gasteiger partial charge in [0.25, 0.3) is 0 Å². The van der Waals surface area contributed by atoms with Crippen molar-refractivity contribution < 1.29 is 73.8 Å². The molecule has 4 unspecified atom stereocenters. The lowest BCUT2D eigenvalue weighted by Gasteiger charge is -2.42. The molecular weight excluding hydrogens is 901 g/mol. The van der Waals surface area contributed by atoms with Crippen LogP contribution in [-0.4, -0.2) is 142 Å². The number of allylic oxidation sites excluding steroid dienone is 11. The number of unbranched alkanes of at least 4 members (excludes halogenated alkanes) is 16. The van der Waals surface area contributed by atoms with Gasteiger partial charge in [-0.1, -0.05) is 157 Å². The second-order valence-corrected chi connectivity index (χ2v) is 18.4. The molecule has 402 valence electrons. The summed E-state index contributed by atoms with van der Waals surface area (Å²) in [5, 5.41) is 72.1. The second-order valence-electron chi connectivity index (χ2n) is 18.4. The molecule has 2 heterocycles. The maximum Gasteiger partial charge on any atom is 0.306 e. The molecule has 11 atom stereocenters. The molecular formula is C55H92O15. The van der Waals surface area contributed by atoms with Crippen LogP contribution in [0.4, 0.5) is 0 Å². The Labute approximate surface area is 419 Å². The third kappa shape index (κ3) is 28.8. The van der Waals surface area contributed by atoms with Crippen molar-refractivity contribution >= 4 is 11.9 Å². The third-order valence-electron chi connectivity index (χ3n) is 12.3. The molecule has 15 heteroatoms. The van der Waals surface area contributed by atoms with Gasteiger partial charge in [0.2, 0.25) is 0 Å². The minimum Gasteiger partial charge on any atom is -0.462 e. The number of aliphatic hydroxyl groups excluding tert-OH is 7. The summed E-state index contributed by atoms with van der Waals surface area (Å²) in [6.07, 6.45) is 31.2. The molecule has 15 nitrogen and oxygen atoms in total. The number of ether oxygens (including phenoxy) is 6. The first-order chi connectivity index (χ1) is 34.0. The van der Waals surface area contributed by atoms with Gasteiger partial charge >= 0.3 is 11.9 Å². The van der Waals surface area contributed by atoms with Gasteiger partial charge in [0, 0.05) is 12.8 Å². The second kappa shape index (κ2) is 41.4.